The maximum Gasteiger partial charge on any atom is 0.191 e. The fourth-order valence-corrected chi connectivity index (χ4v) is 2.80. The molecule has 1 unspecified atom stereocenters. The van der Waals surface area contributed by atoms with Crippen molar-refractivity contribution in [2.75, 3.05) is 39.5 Å². The molecule has 2 heterocycles. The van der Waals surface area contributed by atoms with Gasteiger partial charge >= 0.3 is 0 Å². The minimum absolute atomic E-state index is 0. The number of nitrogens with one attached hydrogen (secondary N) is 2. The fraction of sp³-hybridized carbons (Fsp3) is 0.450. The Balaban J connectivity index is 0.00000300. The second kappa shape index (κ2) is 12.6. The van der Waals surface area contributed by atoms with Crippen molar-refractivity contribution in [1.29, 1.82) is 0 Å². The predicted octanol–water partition coefficient (Wildman–Crippen LogP) is 3.37. The molecule has 2 N–H and O–H groups in total. The van der Waals surface area contributed by atoms with Crippen LogP contribution in [0.5, 0.6) is 5.75 Å². The van der Waals surface area contributed by atoms with Crippen molar-refractivity contribution in [3.05, 3.63) is 54.0 Å². The van der Waals surface area contributed by atoms with Gasteiger partial charge in [-0.25, -0.2) is 8.78 Å². The zero-order valence-electron chi connectivity index (χ0n) is 16.0. The molecule has 1 aromatic carbocycles. The van der Waals surface area contributed by atoms with E-state index in [1.807, 2.05) is 12.1 Å². The van der Waals surface area contributed by atoms with Crippen LogP contribution in [0, 0.1) is 17.6 Å². The lowest BCUT2D eigenvalue weighted by atomic mass is 10.1. The number of ether oxygens (including phenoxy) is 2. The number of furan rings is 1. The molecular formula is C20H26F2IN3O3. The summed E-state index contributed by atoms with van der Waals surface area (Å²) in [5.41, 5.74) is 0. The van der Waals surface area contributed by atoms with Crippen LogP contribution in [0.2, 0.25) is 0 Å². The van der Waals surface area contributed by atoms with E-state index in [4.69, 9.17) is 13.9 Å². The molecule has 160 valence electrons. The Morgan fingerprint density at radius 1 is 1.21 bits per heavy atom. The first-order valence-electron chi connectivity index (χ1n) is 9.41. The minimum Gasteiger partial charge on any atom is -0.489 e. The molecule has 1 aliphatic heterocycles. The molecule has 1 saturated heterocycles. The van der Waals surface area contributed by atoms with E-state index in [0.29, 0.717) is 31.5 Å². The topological polar surface area (TPSA) is 68.0 Å². The van der Waals surface area contributed by atoms with Crippen LogP contribution in [0.3, 0.4) is 0 Å². The monoisotopic (exact) mass is 521 g/mol. The van der Waals surface area contributed by atoms with E-state index in [9.17, 15) is 8.78 Å². The highest BCUT2D eigenvalue weighted by molar-refractivity contribution is 14.0. The molecule has 2 aromatic rings. The largest absolute Gasteiger partial charge is 0.489 e. The molecule has 29 heavy (non-hydrogen) atoms. The Morgan fingerprint density at radius 3 is 2.79 bits per heavy atom. The summed E-state index contributed by atoms with van der Waals surface area (Å²) in [7, 11) is 0. The van der Waals surface area contributed by atoms with Gasteiger partial charge in [0.15, 0.2) is 17.5 Å². The van der Waals surface area contributed by atoms with Crippen molar-refractivity contribution in [1.82, 2.24) is 10.6 Å². The van der Waals surface area contributed by atoms with E-state index in [2.05, 4.69) is 15.6 Å². The van der Waals surface area contributed by atoms with Crippen LogP contribution < -0.4 is 15.4 Å². The standard InChI is InChI=1S/C20H25F2N3O3.HI/c21-16-3-4-19(18(22)12-16)28-11-8-24-20(25-13-15-6-10-26-14-15)23-7-5-17-2-1-9-27-17;/h1-4,9,12,15H,5-8,10-11,13-14H2,(H2,23,24,25);1H. The zero-order chi connectivity index (χ0) is 19.6. The van der Waals surface area contributed by atoms with Gasteiger partial charge in [0.2, 0.25) is 0 Å². The maximum atomic E-state index is 13.6. The third-order valence-electron chi connectivity index (χ3n) is 4.32. The second-order valence-electron chi connectivity index (χ2n) is 6.53. The average Bonchev–Trinajstić information content (AvgIpc) is 3.38. The normalized spacial score (nSPS) is 16.3. The summed E-state index contributed by atoms with van der Waals surface area (Å²) in [6, 6.07) is 7.02. The molecule has 0 aliphatic carbocycles. The number of aliphatic imine (C=N–C) groups is 1. The highest BCUT2D eigenvalue weighted by Crippen LogP contribution is 2.17. The van der Waals surface area contributed by atoms with Crippen LogP contribution in [0.4, 0.5) is 8.78 Å². The van der Waals surface area contributed by atoms with E-state index in [1.54, 1.807) is 6.26 Å². The number of nitrogens with zero attached hydrogens (tertiary/aromatic N) is 1. The Hall–Kier alpha value is -1.88. The van der Waals surface area contributed by atoms with E-state index >= 15 is 0 Å². The Bertz CT molecular complexity index is 753. The first kappa shape index (κ1) is 23.4. The van der Waals surface area contributed by atoms with Crippen LogP contribution in [0.25, 0.3) is 0 Å². The van der Waals surface area contributed by atoms with Crippen LogP contribution in [0.1, 0.15) is 12.2 Å². The maximum absolute atomic E-state index is 13.6. The molecule has 1 atom stereocenters. The molecule has 9 heteroatoms. The Morgan fingerprint density at radius 2 is 2.07 bits per heavy atom. The van der Waals surface area contributed by atoms with Gasteiger partial charge in [0.1, 0.15) is 18.2 Å². The number of hydrogen-bond acceptors (Lipinski definition) is 4. The first-order chi connectivity index (χ1) is 13.7. The van der Waals surface area contributed by atoms with Crippen molar-refractivity contribution in [2.45, 2.75) is 12.8 Å². The fourth-order valence-electron chi connectivity index (χ4n) is 2.80. The van der Waals surface area contributed by atoms with Crippen molar-refractivity contribution >= 4 is 29.9 Å². The summed E-state index contributed by atoms with van der Waals surface area (Å²) in [6.45, 7) is 3.48. The van der Waals surface area contributed by atoms with Crippen LogP contribution >= 0.6 is 24.0 Å². The molecule has 0 radical (unpaired) electrons. The lowest BCUT2D eigenvalue weighted by Gasteiger charge is -2.14. The molecule has 1 aliphatic rings. The lowest BCUT2D eigenvalue weighted by Crippen LogP contribution is -2.40. The van der Waals surface area contributed by atoms with Crippen molar-refractivity contribution in [3.63, 3.8) is 0 Å². The molecule has 0 saturated carbocycles. The summed E-state index contributed by atoms with van der Waals surface area (Å²) in [5.74, 6) is 0.650. The minimum atomic E-state index is -0.716. The van der Waals surface area contributed by atoms with Gasteiger partial charge in [-0.1, -0.05) is 0 Å². The second-order valence-corrected chi connectivity index (χ2v) is 6.53. The molecule has 0 spiro atoms. The average molecular weight is 521 g/mol. The van der Waals surface area contributed by atoms with Crippen molar-refractivity contribution < 1.29 is 22.7 Å². The highest BCUT2D eigenvalue weighted by Gasteiger charge is 2.15. The quantitative estimate of drug-likeness (QED) is 0.229. The summed E-state index contributed by atoms with van der Waals surface area (Å²) in [6.07, 6.45) is 3.39. The summed E-state index contributed by atoms with van der Waals surface area (Å²) in [4.78, 5) is 4.60. The zero-order valence-corrected chi connectivity index (χ0v) is 18.4. The SMILES string of the molecule is Fc1ccc(OCCNC(=NCC2CCOC2)NCCc2ccco2)c(F)c1.I. The highest BCUT2D eigenvalue weighted by atomic mass is 127. The molecule has 1 fully saturated rings. The molecule has 3 rings (SSSR count). The van der Waals surface area contributed by atoms with Crippen molar-refractivity contribution in [2.24, 2.45) is 10.9 Å². The van der Waals surface area contributed by atoms with Crippen LogP contribution in [0.15, 0.2) is 46.0 Å². The van der Waals surface area contributed by atoms with Gasteiger partial charge < -0.3 is 24.5 Å². The molecule has 1 aromatic heterocycles. The van der Waals surface area contributed by atoms with Gasteiger partial charge in [-0.2, -0.15) is 0 Å². The van der Waals surface area contributed by atoms with Gasteiger partial charge in [0, 0.05) is 38.1 Å². The molecule has 0 bridgehead atoms. The van der Waals surface area contributed by atoms with E-state index < -0.39 is 11.6 Å². The van der Waals surface area contributed by atoms with E-state index in [0.717, 1.165) is 37.9 Å². The van der Waals surface area contributed by atoms with Gasteiger partial charge in [-0.05, 0) is 30.7 Å². The van der Waals surface area contributed by atoms with E-state index in [-0.39, 0.29) is 36.3 Å². The van der Waals surface area contributed by atoms with E-state index in [1.165, 1.54) is 12.1 Å². The first-order valence-corrected chi connectivity index (χ1v) is 9.41. The smallest absolute Gasteiger partial charge is 0.191 e. The van der Waals surface area contributed by atoms with Gasteiger partial charge in [-0.15, -0.1) is 24.0 Å². The number of hydrogen-bond donors (Lipinski definition) is 2. The number of guanidine groups is 1. The van der Waals surface area contributed by atoms with Gasteiger partial charge in [-0.3, -0.25) is 4.99 Å². The van der Waals surface area contributed by atoms with Gasteiger partial charge in [0.25, 0.3) is 0 Å². The van der Waals surface area contributed by atoms with Crippen LogP contribution in [-0.4, -0.2) is 45.4 Å². The lowest BCUT2D eigenvalue weighted by molar-refractivity contribution is 0.187. The summed E-state index contributed by atoms with van der Waals surface area (Å²) < 4.78 is 42.6. The number of rotatable bonds is 9. The number of benzene rings is 1. The summed E-state index contributed by atoms with van der Waals surface area (Å²) in [5, 5.41) is 6.43. The Kier molecular flexibility index (Phi) is 10.2. The predicted molar refractivity (Wildman–Crippen MR) is 117 cm³/mol. The number of halogens is 3. The van der Waals surface area contributed by atoms with Crippen LogP contribution in [-0.2, 0) is 11.2 Å². The third kappa shape index (κ3) is 8.17. The molecule has 0 amide bonds. The Labute approximate surface area is 186 Å². The molecular weight excluding hydrogens is 495 g/mol. The van der Waals surface area contributed by atoms with Crippen molar-refractivity contribution in [3.8, 4) is 5.75 Å². The summed E-state index contributed by atoms with van der Waals surface area (Å²) >= 11 is 0. The molecule has 6 nitrogen and oxygen atoms in total. The third-order valence-corrected chi connectivity index (χ3v) is 4.32. The van der Waals surface area contributed by atoms with Gasteiger partial charge in [0.05, 0.1) is 19.4 Å².